The van der Waals surface area contributed by atoms with E-state index in [9.17, 15) is 23.2 Å². The summed E-state index contributed by atoms with van der Waals surface area (Å²) in [7, 11) is 1.24. The van der Waals surface area contributed by atoms with Gasteiger partial charge in [-0.15, -0.1) is 0 Å². The number of H-pyrrole nitrogens is 1. The standard InChI is InChI=1S/C28H27Cl2F2N5O5/c1-13-4-3-5-19(37-11-10-20(42-28(37)40)21-17(31)9-8-16(29)22(21)32)25-35-23(24(30)36-25)15-7-6-14(33-27(39)41-2)12-18(15)34-26(13)38/h6-9,12-13,19-20H,3-5,10-11H2,1-2H3,(H,33,39)(H,34,38)(H,35,36)/t13-,19+,20?/m1/s1. The maximum absolute atomic E-state index is 14.7. The molecule has 3 amide bonds. The number of fused-ring (bicyclic) bond motifs is 4. The Morgan fingerprint density at radius 1 is 1.17 bits per heavy atom. The number of benzene rings is 2. The van der Waals surface area contributed by atoms with E-state index in [1.165, 1.54) is 12.0 Å². The number of hydrogen-bond donors (Lipinski definition) is 3. The highest BCUT2D eigenvalue weighted by molar-refractivity contribution is 6.32. The second kappa shape index (κ2) is 12.1. The summed E-state index contributed by atoms with van der Waals surface area (Å²) in [6.45, 7) is 1.90. The number of nitrogens with zero attached hydrogens (tertiary/aromatic N) is 2. The van der Waals surface area contributed by atoms with Gasteiger partial charge in [-0.05, 0) is 43.2 Å². The summed E-state index contributed by atoms with van der Waals surface area (Å²) in [6, 6.07) is 6.33. The van der Waals surface area contributed by atoms with Gasteiger partial charge < -0.3 is 19.8 Å². The Hall–Kier alpha value is -3.90. The Labute approximate surface area is 249 Å². The van der Waals surface area contributed by atoms with Crippen LogP contribution in [0.3, 0.4) is 0 Å². The first-order chi connectivity index (χ1) is 20.1. The molecule has 1 fully saturated rings. The van der Waals surface area contributed by atoms with Crippen LogP contribution in [0.2, 0.25) is 10.2 Å². The highest BCUT2D eigenvalue weighted by Gasteiger charge is 2.38. The molecule has 3 N–H and O–H groups in total. The fourth-order valence-corrected chi connectivity index (χ4v) is 5.58. The van der Waals surface area contributed by atoms with Crippen LogP contribution in [0.15, 0.2) is 30.3 Å². The highest BCUT2D eigenvalue weighted by Crippen LogP contribution is 2.40. The summed E-state index contributed by atoms with van der Waals surface area (Å²) in [5.74, 6) is -2.08. The van der Waals surface area contributed by atoms with E-state index in [4.69, 9.17) is 32.9 Å². The molecule has 2 aliphatic rings. The maximum Gasteiger partial charge on any atom is 0.411 e. The molecule has 3 atom stereocenters. The molecule has 3 aromatic rings. The summed E-state index contributed by atoms with van der Waals surface area (Å²) < 4.78 is 39.3. The van der Waals surface area contributed by atoms with E-state index >= 15 is 0 Å². The van der Waals surface area contributed by atoms with E-state index in [0.717, 1.165) is 12.1 Å². The molecule has 3 heterocycles. The number of methoxy groups -OCH3 is 1. The van der Waals surface area contributed by atoms with Crippen LogP contribution in [-0.4, -0.2) is 46.6 Å². The lowest BCUT2D eigenvalue weighted by molar-refractivity contribution is -0.119. The van der Waals surface area contributed by atoms with Gasteiger partial charge in [0.2, 0.25) is 5.91 Å². The van der Waals surface area contributed by atoms with E-state index in [2.05, 4.69) is 20.4 Å². The number of ether oxygens (including phenoxy) is 2. The Balaban J connectivity index is 1.48. The number of nitrogens with one attached hydrogen (secondary N) is 3. The molecule has 0 radical (unpaired) electrons. The normalized spacial score (nSPS) is 20.9. The van der Waals surface area contributed by atoms with Crippen molar-refractivity contribution in [1.82, 2.24) is 14.9 Å². The van der Waals surface area contributed by atoms with Crippen molar-refractivity contribution >= 4 is 52.7 Å². The predicted octanol–water partition coefficient (Wildman–Crippen LogP) is 7.22. The zero-order valence-corrected chi connectivity index (χ0v) is 24.1. The Kier molecular flexibility index (Phi) is 8.55. The average molecular weight is 622 g/mol. The number of cyclic esters (lactones) is 1. The number of imidazole rings is 1. The molecule has 1 unspecified atom stereocenters. The van der Waals surface area contributed by atoms with Crippen LogP contribution in [-0.2, 0) is 14.3 Å². The number of carbonyl (C=O) groups excluding carboxylic acids is 3. The fraction of sp³-hybridized carbons (Fsp3) is 0.357. The minimum absolute atomic E-state index is 0.106. The van der Waals surface area contributed by atoms with Gasteiger partial charge >= 0.3 is 12.2 Å². The van der Waals surface area contributed by atoms with Gasteiger partial charge in [-0.25, -0.2) is 23.4 Å². The molecule has 1 aromatic heterocycles. The molecule has 14 heteroatoms. The Morgan fingerprint density at radius 3 is 2.69 bits per heavy atom. The topological polar surface area (TPSA) is 126 Å². The van der Waals surface area contributed by atoms with Crippen molar-refractivity contribution in [3.8, 4) is 11.3 Å². The van der Waals surface area contributed by atoms with E-state index in [-0.39, 0.29) is 29.0 Å². The minimum Gasteiger partial charge on any atom is -0.453 e. The van der Waals surface area contributed by atoms with Crippen molar-refractivity contribution in [3.05, 3.63) is 63.5 Å². The third-order valence-corrected chi connectivity index (χ3v) is 7.97. The molecule has 42 heavy (non-hydrogen) atoms. The molecule has 2 bridgehead atoms. The average Bonchev–Trinajstić information content (AvgIpc) is 3.34. The van der Waals surface area contributed by atoms with Crippen molar-refractivity contribution in [2.75, 3.05) is 24.3 Å². The van der Waals surface area contributed by atoms with Gasteiger partial charge in [0, 0.05) is 30.1 Å². The van der Waals surface area contributed by atoms with Gasteiger partial charge in [0.05, 0.1) is 29.4 Å². The maximum atomic E-state index is 14.7. The van der Waals surface area contributed by atoms with E-state index in [0.29, 0.717) is 47.7 Å². The summed E-state index contributed by atoms with van der Waals surface area (Å²) in [4.78, 5) is 47.3. The molecule has 1 saturated heterocycles. The smallest absolute Gasteiger partial charge is 0.411 e. The number of anilines is 2. The number of aromatic amines is 1. The number of aromatic nitrogens is 2. The van der Waals surface area contributed by atoms with Gasteiger partial charge in [-0.1, -0.05) is 36.5 Å². The SMILES string of the molecule is COC(=O)Nc1ccc2c(c1)NC(=O)[C@H](C)CCC[C@H](N1CCC(c3c(F)ccc(Cl)c3F)OC1=O)c1nc-2c(Cl)[nH]1. The molecule has 0 saturated carbocycles. The lowest BCUT2D eigenvalue weighted by Gasteiger charge is -2.36. The number of halogens is 4. The molecule has 10 nitrogen and oxygen atoms in total. The first-order valence-electron chi connectivity index (χ1n) is 13.2. The van der Waals surface area contributed by atoms with Crippen molar-refractivity contribution < 1.29 is 32.6 Å². The van der Waals surface area contributed by atoms with Crippen LogP contribution >= 0.6 is 23.2 Å². The minimum atomic E-state index is -1.15. The van der Waals surface area contributed by atoms with E-state index in [1.807, 2.05) is 0 Å². The molecule has 2 aliphatic heterocycles. The zero-order chi connectivity index (χ0) is 30.1. The number of amides is 3. The molecule has 222 valence electrons. The summed E-state index contributed by atoms with van der Waals surface area (Å²) in [5.41, 5.74) is 1.14. The Morgan fingerprint density at radius 2 is 1.95 bits per heavy atom. The van der Waals surface area contributed by atoms with Crippen LogP contribution in [0.1, 0.15) is 56.1 Å². The van der Waals surface area contributed by atoms with Gasteiger partial charge in [-0.3, -0.25) is 15.0 Å². The number of hydrogen-bond acceptors (Lipinski definition) is 6. The van der Waals surface area contributed by atoms with Crippen LogP contribution in [0, 0.1) is 17.6 Å². The van der Waals surface area contributed by atoms with Crippen LogP contribution in [0.25, 0.3) is 11.3 Å². The summed E-state index contributed by atoms with van der Waals surface area (Å²) >= 11 is 12.4. The molecule has 5 rings (SSSR count). The van der Waals surface area contributed by atoms with Crippen molar-refractivity contribution in [1.29, 1.82) is 0 Å². The van der Waals surface area contributed by atoms with Crippen LogP contribution in [0.5, 0.6) is 0 Å². The number of rotatable bonds is 3. The molecule has 2 aromatic carbocycles. The Bertz CT molecular complexity index is 1550. The van der Waals surface area contributed by atoms with E-state index < -0.39 is 47.4 Å². The van der Waals surface area contributed by atoms with Crippen molar-refractivity contribution in [2.45, 2.75) is 44.8 Å². The first-order valence-corrected chi connectivity index (χ1v) is 14.0. The lowest BCUT2D eigenvalue weighted by Crippen LogP contribution is -2.42. The highest BCUT2D eigenvalue weighted by atomic mass is 35.5. The lowest BCUT2D eigenvalue weighted by atomic mass is 9.98. The van der Waals surface area contributed by atoms with Crippen molar-refractivity contribution in [3.63, 3.8) is 0 Å². The van der Waals surface area contributed by atoms with Crippen LogP contribution < -0.4 is 10.6 Å². The third kappa shape index (κ3) is 5.86. The van der Waals surface area contributed by atoms with Crippen LogP contribution in [0.4, 0.5) is 29.7 Å². The number of carbonyl (C=O) groups is 3. The van der Waals surface area contributed by atoms with Gasteiger partial charge in [0.1, 0.15) is 28.6 Å². The molecule has 0 aliphatic carbocycles. The van der Waals surface area contributed by atoms with Gasteiger partial charge in [0.15, 0.2) is 5.82 Å². The van der Waals surface area contributed by atoms with E-state index in [1.54, 1.807) is 25.1 Å². The predicted molar refractivity (Wildman–Crippen MR) is 151 cm³/mol. The molecule has 0 spiro atoms. The molecular formula is C28H27Cl2F2N5O5. The monoisotopic (exact) mass is 621 g/mol. The van der Waals surface area contributed by atoms with Gasteiger partial charge in [0.25, 0.3) is 0 Å². The largest absolute Gasteiger partial charge is 0.453 e. The third-order valence-electron chi connectivity index (χ3n) is 7.41. The van der Waals surface area contributed by atoms with Crippen molar-refractivity contribution in [2.24, 2.45) is 5.92 Å². The summed E-state index contributed by atoms with van der Waals surface area (Å²) in [6.07, 6.45) is -1.07. The summed E-state index contributed by atoms with van der Waals surface area (Å²) in [5, 5.41) is 5.36. The quantitative estimate of drug-likeness (QED) is 0.265. The zero-order valence-electron chi connectivity index (χ0n) is 22.6. The first kappa shape index (κ1) is 29.6. The molecular weight excluding hydrogens is 595 g/mol. The van der Waals surface area contributed by atoms with Gasteiger partial charge in [-0.2, -0.15) is 0 Å². The fourth-order valence-electron chi connectivity index (χ4n) is 5.17. The second-order valence-corrected chi connectivity index (χ2v) is 10.9. The second-order valence-electron chi connectivity index (χ2n) is 10.1.